The second kappa shape index (κ2) is 10.9. The number of hydrogen-bond donors (Lipinski definition) is 2. The summed E-state index contributed by atoms with van der Waals surface area (Å²) in [6.45, 7) is 7.96. The van der Waals surface area contributed by atoms with E-state index in [0.29, 0.717) is 58.9 Å². The predicted octanol–water partition coefficient (Wildman–Crippen LogP) is 3.70. The van der Waals surface area contributed by atoms with Crippen LogP contribution in [0.15, 0.2) is 18.3 Å². The number of fused-ring (bicyclic) bond motifs is 1. The Bertz CT molecular complexity index is 1710. The van der Waals surface area contributed by atoms with E-state index in [1.807, 2.05) is 13.8 Å². The normalized spacial score (nSPS) is 26.0. The van der Waals surface area contributed by atoms with Gasteiger partial charge in [0.2, 0.25) is 11.9 Å². The van der Waals surface area contributed by atoms with Crippen molar-refractivity contribution in [2.24, 2.45) is 0 Å². The maximum Gasteiger partial charge on any atom is 0.232 e. The van der Waals surface area contributed by atoms with Crippen LogP contribution in [0.1, 0.15) is 57.6 Å². The fraction of sp³-hybridized carbons (Fsp3) is 0.536. The molecule has 1 aromatic carbocycles. The van der Waals surface area contributed by atoms with Crippen LogP contribution in [-0.2, 0) is 9.84 Å². The van der Waals surface area contributed by atoms with E-state index in [9.17, 15) is 18.9 Å². The van der Waals surface area contributed by atoms with Crippen LogP contribution >= 0.6 is 11.6 Å². The highest BCUT2D eigenvalue weighted by Crippen LogP contribution is 2.39. The van der Waals surface area contributed by atoms with Gasteiger partial charge in [-0.05, 0) is 58.6 Å². The van der Waals surface area contributed by atoms with Crippen molar-refractivity contribution in [2.75, 3.05) is 35.2 Å². The highest BCUT2D eigenvalue weighted by atomic mass is 35.5. The molecule has 2 N–H and O–H groups in total. The predicted molar refractivity (Wildman–Crippen MR) is 161 cm³/mol. The van der Waals surface area contributed by atoms with Crippen LogP contribution in [0.5, 0.6) is 0 Å². The van der Waals surface area contributed by atoms with Gasteiger partial charge < -0.3 is 15.5 Å². The standard InChI is InChI=1S/C28H33ClN10O2S/c1-16-15-37(22-8-17(2)42(40,41)18(3)9-22)6-7-38(16)24-11-19(12-30)10-23(25(24)29)34-27-35-26-20(13-31)14-32-39(26)28(36-27)33-21-4-5-21/h10-11,14,16-18,21-22H,4-9,15H2,1-3H3,(H2,33,34,35,36)/t16-,17?,18?,22?/m0/s1. The van der Waals surface area contributed by atoms with E-state index < -0.39 is 9.84 Å². The second-order valence-electron chi connectivity index (χ2n) is 11.7. The summed E-state index contributed by atoms with van der Waals surface area (Å²) >= 11 is 7.00. The van der Waals surface area contributed by atoms with Crippen LogP contribution in [0.25, 0.3) is 5.65 Å². The van der Waals surface area contributed by atoms with E-state index in [2.05, 4.69) is 54.6 Å². The summed E-state index contributed by atoms with van der Waals surface area (Å²) in [6.07, 6.45) is 4.81. The van der Waals surface area contributed by atoms with Gasteiger partial charge in [-0.2, -0.15) is 30.1 Å². The van der Waals surface area contributed by atoms with Crippen molar-refractivity contribution in [3.63, 3.8) is 0 Å². The number of sulfone groups is 1. The zero-order valence-electron chi connectivity index (χ0n) is 23.7. The number of aromatic nitrogens is 4. The third kappa shape index (κ3) is 5.21. The molecule has 3 atom stereocenters. The van der Waals surface area contributed by atoms with E-state index in [4.69, 9.17) is 11.6 Å². The molecule has 1 saturated carbocycles. The van der Waals surface area contributed by atoms with Crippen molar-refractivity contribution in [1.82, 2.24) is 24.5 Å². The third-order valence-electron chi connectivity index (χ3n) is 8.64. The lowest BCUT2D eigenvalue weighted by molar-refractivity contribution is 0.143. The van der Waals surface area contributed by atoms with Gasteiger partial charge in [0.1, 0.15) is 11.6 Å². The number of nitrogens with zero attached hydrogens (tertiary/aromatic N) is 8. The number of halogens is 1. The molecule has 3 aromatic rings. The van der Waals surface area contributed by atoms with Gasteiger partial charge in [-0.25, -0.2) is 8.42 Å². The third-order valence-corrected chi connectivity index (χ3v) is 11.7. The SMILES string of the molecule is CC1CC(N2CCN(c3cc(C#N)cc(Nc4nc(NC5CC5)n5ncc(C#N)c5n4)c3Cl)[C@@H](C)C2)CC(C)S1(=O)=O. The molecule has 0 radical (unpaired) electrons. The Balaban J connectivity index is 1.26. The van der Waals surface area contributed by atoms with Crippen LogP contribution in [0, 0.1) is 22.7 Å². The Morgan fingerprint density at radius 3 is 2.43 bits per heavy atom. The maximum absolute atomic E-state index is 12.5. The smallest absolute Gasteiger partial charge is 0.232 e. The summed E-state index contributed by atoms with van der Waals surface area (Å²) < 4.78 is 26.6. The first-order chi connectivity index (χ1) is 20.1. The Hall–Kier alpha value is -3.65. The van der Waals surface area contributed by atoms with E-state index in [0.717, 1.165) is 31.6 Å². The summed E-state index contributed by atoms with van der Waals surface area (Å²) in [4.78, 5) is 13.8. The Morgan fingerprint density at radius 1 is 1.05 bits per heavy atom. The summed E-state index contributed by atoms with van der Waals surface area (Å²) in [6, 6.07) is 8.42. The van der Waals surface area contributed by atoms with Crippen molar-refractivity contribution < 1.29 is 8.42 Å². The van der Waals surface area contributed by atoms with Gasteiger partial charge in [-0.3, -0.25) is 4.90 Å². The first-order valence-electron chi connectivity index (χ1n) is 14.3. The zero-order valence-corrected chi connectivity index (χ0v) is 25.3. The fourth-order valence-electron chi connectivity index (χ4n) is 6.11. The van der Waals surface area contributed by atoms with E-state index in [-0.39, 0.29) is 28.5 Å². The largest absolute Gasteiger partial charge is 0.365 e. The molecule has 6 rings (SSSR count). The second-order valence-corrected chi connectivity index (χ2v) is 14.8. The van der Waals surface area contributed by atoms with E-state index in [1.165, 1.54) is 10.7 Å². The van der Waals surface area contributed by atoms with Crippen molar-refractivity contribution >= 4 is 50.4 Å². The monoisotopic (exact) mass is 608 g/mol. The number of nitrogens with one attached hydrogen (secondary N) is 2. The van der Waals surface area contributed by atoms with Crippen LogP contribution in [0.4, 0.5) is 23.3 Å². The highest BCUT2D eigenvalue weighted by molar-refractivity contribution is 7.92. The number of anilines is 4. The summed E-state index contributed by atoms with van der Waals surface area (Å²) in [5.41, 5.74) is 2.35. The van der Waals surface area contributed by atoms with Crippen molar-refractivity contribution in [3.8, 4) is 12.1 Å². The molecule has 0 bridgehead atoms. The first-order valence-corrected chi connectivity index (χ1v) is 16.2. The lowest BCUT2D eigenvalue weighted by Crippen LogP contribution is -2.57. The van der Waals surface area contributed by atoms with Crippen LogP contribution in [0.3, 0.4) is 0 Å². The summed E-state index contributed by atoms with van der Waals surface area (Å²) in [5, 5.41) is 30.0. The summed E-state index contributed by atoms with van der Waals surface area (Å²) in [5.74, 6) is 0.710. The molecule has 2 aromatic heterocycles. The molecular weight excluding hydrogens is 576 g/mol. The number of hydrogen-bond acceptors (Lipinski definition) is 11. The lowest BCUT2D eigenvalue weighted by Gasteiger charge is -2.47. The van der Waals surface area contributed by atoms with Crippen molar-refractivity contribution in [2.45, 2.75) is 75.1 Å². The fourth-order valence-corrected chi connectivity index (χ4v) is 8.15. The zero-order chi connectivity index (χ0) is 29.8. The molecule has 42 heavy (non-hydrogen) atoms. The van der Waals surface area contributed by atoms with Gasteiger partial charge in [0.15, 0.2) is 15.5 Å². The molecule has 2 unspecified atom stereocenters. The number of rotatable bonds is 6. The lowest BCUT2D eigenvalue weighted by atomic mass is 10.0. The topological polar surface area (TPSA) is 155 Å². The van der Waals surface area contributed by atoms with Gasteiger partial charge in [-0.15, -0.1) is 0 Å². The Labute approximate surface area is 250 Å². The molecular formula is C28H33ClN10O2S. The Morgan fingerprint density at radius 2 is 1.79 bits per heavy atom. The average Bonchev–Trinajstić information content (AvgIpc) is 3.68. The molecule has 0 amide bonds. The molecule has 3 aliphatic rings. The number of benzene rings is 1. The minimum Gasteiger partial charge on any atom is -0.365 e. The first kappa shape index (κ1) is 28.5. The van der Waals surface area contributed by atoms with Crippen LogP contribution in [0.2, 0.25) is 5.02 Å². The summed E-state index contributed by atoms with van der Waals surface area (Å²) in [7, 11) is -3.07. The molecule has 0 spiro atoms. The number of piperazine rings is 1. The van der Waals surface area contributed by atoms with Gasteiger partial charge >= 0.3 is 0 Å². The molecule has 12 nitrogen and oxygen atoms in total. The van der Waals surface area contributed by atoms with E-state index >= 15 is 0 Å². The van der Waals surface area contributed by atoms with Crippen LogP contribution in [-0.4, -0.2) is 81.2 Å². The molecule has 2 saturated heterocycles. The minimum absolute atomic E-state index is 0.0779. The Kier molecular flexibility index (Phi) is 7.37. The van der Waals surface area contributed by atoms with Gasteiger partial charge in [0, 0.05) is 37.8 Å². The molecule has 14 heteroatoms. The molecule has 4 heterocycles. The molecule has 2 aliphatic heterocycles. The molecule has 220 valence electrons. The van der Waals surface area contributed by atoms with Crippen LogP contribution < -0.4 is 15.5 Å². The van der Waals surface area contributed by atoms with Crippen molar-refractivity contribution in [3.05, 3.63) is 34.5 Å². The number of nitriles is 2. The van der Waals surface area contributed by atoms with Crippen molar-refractivity contribution in [1.29, 1.82) is 10.5 Å². The average molecular weight is 609 g/mol. The van der Waals surface area contributed by atoms with E-state index in [1.54, 1.807) is 12.1 Å². The minimum atomic E-state index is -3.07. The van der Waals surface area contributed by atoms with Gasteiger partial charge in [-0.1, -0.05) is 11.6 Å². The highest BCUT2D eigenvalue weighted by Gasteiger charge is 2.40. The quantitative estimate of drug-likeness (QED) is 0.420. The maximum atomic E-state index is 12.5. The molecule has 1 aliphatic carbocycles. The molecule has 3 fully saturated rings. The van der Waals surface area contributed by atoms with Gasteiger partial charge in [0.05, 0.1) is 44.7 Å². The van der Waals surface area contributed by atoms with Gasteiger partial charge in [0.25, 0.3) is 0 Å².